The lowest BCUT2D eigenvalue weighted by Gasteiger charge is -2.35. The molecule has 1 saturated carbocycles. The Balaban J connectivity index is 2.04. The van der Waals surface area contributed by atoms with Crippen LogP contribution in [0.3, 0.4) is 0 Å². The molecular formula is C16H19F2N3O5. The molecule has 1 atom stereocenters. The summed E-state index contributed by atoms with van der Waals surface area (Å²) in [5.74, 6) is -4.87. The first-order valence-electron chi connectivity index (χ1n) is 7.83. The first kappa shape index (κ1) is 19.5. The van der Waals surface area contributed by atoms with Gasteiger partial charge < -0.3 is 20.1 Å². The lowest BCUT2D eigenvalue weighted by atomic mass is 9.88. The molecule has 2 rings (SSSR count). The molecule has 2 amide bonds. The lowest BCUT2D eigenvalue weighted by Crippen LogP contribution is -2.55. The van der Waals surface area contributed by atoms with E-state index in [1.165, 1.54) is 26.3 Å². The van der Waals surface area contributed by atoms with Crippen molar-refractivity contribution < 1.29 is 32.6 Å². The molecule has 142 valence electrons. The summed E-state index contributed by atoms with van der Waals surface area (Å²) in [6, 6.07) is -0.222. The van der Waals surface area contributed by atoms with Crippen molar-refractivity contribution in [2.75, 3.05) is 7.11 Å². The van der Waals surface area contributed by atoms with E-state index >= 15 is 0 Å². The molecular weight excluding hydrogens is 352 g/mol. The van der Waals surface area contributed by atoms with E-state index in [1.54, 1.807) is 0 Å². The topological polar surface area (TPSA) is 107 Å². The second-order valence-corrected chi connectivity index (χ2v) is 5.95. The van der Waals surface area contributed by atoms with Crippen molar-refractivity contribution in [1.29, 1.82) is 0 Å². The third-order valence-corrected chi connectivity index (χ3v) is 3.73. The van der Waals surface area contributed by atoms with Crippen molar-refractivity contribution in [3.8, 4) is 11.5 Å². The Bertz CT molecular complexity index is 718. The normalized spacial score (nSPS) is 16.8. The number of hydrogen-bond donors (Lipinski definition) is 2. The number of halogens is 2. The molecule has 1 aromatic heterocycles. The van der Waals surface area contributed by atoms with Crippen molar-refractivity contribution in [3.05, 3.63) is 18.0 Å². The van der Waals surface area contributed by atoms with E-state index in [2.05, 4.69) is 15.6 Å². The highest BCUT2D eigenvalue weighted by Gasteiger charge is 2.46. The minimum absolute atomic E-state index is 0.120. The van der Waals surface area contributed by atoms with Crippen LogP contribution in [0.5, 0.6) is 11.5 Å². The predicted molar refractivity (Wildman–Crippen MR) is 85.1 cm³/mol. The lowest BCUT2D eigenvalue weighted by molar-refractivity contribution is -0.132. The van der Waals surface area contributed by atoms with Crippen LogP contribution in [-0.4, -0.2) is 47.9 Å². The predicted octanol–water partition coefficient (Wildman–Crippen LogP) is 1.05. The van der Waals surface area contributed by atoms with Crippen LogP contribution in [-0.2, 0) is 9.59 Å². The van der Waals surface area contributed by atoms with E-state index in [4.69, 9.17) is 9.47 Å². The van der Waals surface area contributed by atoms with Gasteiger partial charge in [0.15, 0.2) is 11.4 Å². The van der Waals surface area contributed by atoms with Gasteiger partial charge in [0.05, 0.1) is 7.11 Å². The summed E-state index contributed by atoms with van der Waals surface area (Å²) in [6.07, 6.45) is 0.433. The van der Waals surface area contributed by atoms with Gasteiger partial charge in [-0.3, -0.25) is 14.4 Å². The zero-order valence-corrected chi connectivity index (χ0v) is 14.5. The van der Waals surface area contributed by atoms with Gasteiger partial charge in [0, 0.05) is 38.1 Å². The van der Waals surface area contributed by atoms with Gasteiger partial charge in [-0.05, 0) is 6.92 Å². The second kappa shape index (κ2) is 7.63. The fourth-order valence-electron chi connectivity index (χ4n) is 2.42. The number of nitrogens with zero attached hydrogens (tertiary/aromatic N) is 1. The fourth-order valence-corrected chi connectivity index (χ4v) is 2.42. The van der Waals surface area contributed by atoms with Crippen molar-refractivity contribution in [1.82, 2.24) is 15.6 Å². The van der Waals surface area contributed by atoms with Gasteiger partial charge in [0.25, 0.3) is 11.8 Å². The van der Waals surface area contributed by atoms with Gasteiger partial charge in [-0.15, -0.1) is 0 Å². The van der Waals surface area contributed by atoms with Crippen LogP contribution in [0, 0.1) is 0 Å². The smallest absolute Gasteiger partial charge is 0.308 e. The Morgan fingerprint density at radius 1 is 1.35 bits per heavy atom. The standard InChI is InChI=1S/C16H19F2N3O5/c1-8(14(23)21-10-6-16(17,18)7-10)20-15(24)12-13(26-9(2)22)11(25-3)4-5-19-12/h4-5,8,10H,6-7H2,1-3H3,(H,20,24)(H,21,23)/t8-/m0/s1. The summed E-state index contributed by atoms with van der Waals surface area (Å²) in [4.78, 5) is 39.5. The molecule has 26 heavy (non-hydrogen) atoms. The Morgan fingerprint density at radius 2 is 2.00 bits per heavy atom. The number of pyridine rings is 1. The van der Waals surface area contributed by atoms with E-state index in [0.717, 1.165) is 6.92 Å². The van der Waals surface area contributed by atoms with Crippen molar-refractivity contribution in [2.24, 2.45) is 0 Å². The number of methoxy groups -OCH3 is 1. The van der Waals surface area contributed by atoms with Crippen molar-refractivity contribution in [3.63, 3.8) is 0 Å². The minimum Gasteiger partial charge on any atom is -0.493 e. The summed E-state index contributed by atoms with van der Waals surface area (Å²) in [6.45, 7) is 2.55. The number of rotatable bonds is 6. The van der Waals surface area contributed by atoms with E-state index in [9.17, 15) is 23.2 Å². The Labute approximate surface area is 148 Å². The Morgan fingerprint density at radius 3 is 2.54 bits per heavy atom. The van der Waals surface area contributed by atoms with Crippen LogP contribution in [0.2, 0.25) is 0 Å². The number of carbonyl (C=O) groups is 3. The average molecular weight is 371 g/mol. The molecule has 1 fully saturated rings. The molecule has 0 spiro atoms. The van der Waals surface area contributed by atoms with Gasteiger partial charge in [0.2, 0.25) is 11.7 Å². The molecule has 0 aromatic carbocycles. The Kier molecular flexibility index (Phi) is 5.73. The number of esters is 1. The van der Waals surface area contributed by atoms with E-state index in [-0.39, 0.29) is 17.2 Å². The monoisotopic (exact) mass is 371 g/mol. The molecule has 1 heterocycles. The van der Waals surface area contributed by atoms with Gasteiger partial charge >= 0.3 is 5.97 Å². The summed E-state index contributed by atoms with van der Waals surface area (Å²) in [5, 5.41) is 4.82. The van der Waals surface area contributed by atoms with Crippen molar-refractivity contribution >= 4 is 17.8 Å². The molecule has 2 N–H and O–H groups in total. The molecule has 0 bridgehead atoms. The maximum Gasteiger partial charge on any atom is 0.308 e. The first-order chi connectivity index (χ1) is 12.1. The maximum absolute atomic E-state index is 12.8. The van der Waals surface area contributed by atoms with Crippen LogP contribution in [0.1, 0.15) is 37.2 Å². The maximum atomic E-state index is 12.8. The van der Waals surface area contributed by atoms with Gasteiger partial charge in [-0.25, -0.2) is 13.8 Å². The average Bonchev–Trinajstić information content (AvgIpc) is 2.52. The first-order valence-corrected chi connectivity index (χ1v) is 7.83. The molecule has 0 unspecified atom stereocenters. The molecule has 0 saturated heterocycles. The van der Waals surface area contributed by atoms with Gasteiger partial charge in [-0.2, -0.15) is 0 Å². The highest BCUT2D eigenvalue weighted by Crippen LogP contribution is 2.37. The molecule has 8 nitrogen and oxygen atoms in total. The fraction of sp³-hybridized carbons (Fsp3) is 0.500. The molecule has 0 radical (unpaired) electrons. The largest absolute Gasteiger partial charge is 0.493 e. The number of carbonyl (C=O) groups excluding carboxylic acids is 3. The minimum atomic E-state index is -2.76. The van der Waals surface area contributed by atoms with Crippen LogP contribution >= 0.6 is 0 Å². The third kappa shape index (κ3) is 4.64. The number of amides is 2. The molecule has 10 heteroatoms. The number of aromatic nitrogens is 1. The molecule has 1 aliphatic carbocycles. The summed E-state index contributed by atoms with van der Waals surface area (Å²) in [5.41, 5.74) is -0.241. The van der Waals surface area contributed by atoms with Gasteiger partial charge in [-0.1, -0.05) is 0 Å². The zero-order chi connectivity index (χ0) is 19.5. The van der Waals surface area contributed by atoms with Crippen LogP contribution < -0.4 is 20.1 Å². The number of ether oxygens (including phenoxy) is 2. The van der Waals surface area contributed by atoms with E-state index < -0.39 is 48.6 Å². The molecule has 0 aliphatic heterocycles. The van der Waals surface area contributed by atoms with Crippen LogP contribution in [0.15, 0.2) is 12.3 Å². The zero-order valence-electron chi connectivity index (χ0n) is 14.5. The third-order valence-electron chi connectivity index (χ3n) is 3.73. The summed E-state index contributed by atoms with van der Waals surface area (Å²) < 4.78 is 35.6. The number of alkyl halides is 2. The quantitative estimate of drug-likeness (QED) is 0.724. The number of hydrogen-bond acceptors (Lipinski definition) is 6. The van der Waals surface area contributed by atoms with E-state index in [1.807, 2.05) is 0 Å². The van der Waals surface area contributed by atoms with Crippen molar-refractivity contribution in [2.45, 2.75) is 44.7 Å². The van der Waals surface area contributed by atoms with Crippen LogP contribution in [0.25, 0.3) is 0 Å². The van der Waals surface area contributed by atoms with Gasteiger partial charge in [0.1, 0.15) is 6.04 Å². The SMILES string of the molecule is COc1ccnc(C(=O)N[C@@H](C)C(=O)NC2CC(F)(F)C2)c1OC(C)=O. The molecule has 1 aliphatic rings. The highest BCUT2D eigenvalue weighted by atomic mass is 19.3. The highest BCUT2D eigenvalue weighted by molar-refractivity contribution is 5.99. The van der Waals surface area contributed by atoms with E-state index in [0.29, 0.717) is 0 Å². The second-order valence-electron chi connectivity index (χ2n) is 5.95. The molecule has 1 aromatic rings. The summed E-state index contributed by atoms with van der Waals surface area (Å²) in [7, 11) is 1.33. The number of nitrogens with one attached hydrogen (secondary N) is 2. The Hall–Kier alpha value is -2.78. The van der Waals surface area contributed by atoms with Crippen LogP contribution in [0.4, 0.5) is 8.78 Å². The summed E-state index contributed by atoms with van der Waals surface area (Å²) >= 11 is 0.